The van der Waals surface area contributed by atoms with Crippen molar-refractivity contribution in [2.24, 2.45) is 0 Å². The molecule has 0 bridgehead atoms. The zero-order valence-corrected chi connectivity index (χ0v) is 33.5. The molecule has 290 valence electrons. The molecule has 62 heavy (non-hydrogen) atoms. The average Bonchev–Trinajstić information content (AvgIpc) is 3.66. The maximum Gasteiger partial charge on any atom is 0.168 e. The lowest BCUT2D eigenvalue weighted by Gasteiger charge is -2.27. The van der Waals surface area contributed by atoms with Crippen molar-refractivity contribution >= 4 is 66.7 Å². The van der Waals surface area contributed by atoms with Crippen molar-refractivity contribution in [3.63, 3.8) is 0 Å². The third-order valence-corrected chi connectivity index (χ3v) is 11.8. The minimum Gasteiger partial charge on any atom is -0.310 e. The molecule has 0 aliphatic heterocycles. The molecule has 2 heterocycles. The minimum absolute atomic E-state index is 0.617. The molecule has 1 aliphatic rings. The van der Waals surface area contributed by atoms with Crippen molar-refractivity contribution in [3.8, 4) is 45.3 Å². The van der Waals surface area contributed by atoms with E-state index < -0.39 is 0 Å². The molecule has 0 fully saturated rings. The van der Waals surface area contributed by atoms with Gasteiger partial charge in [0.1, 0.15) is 0 Å². The highest BCUT2D eigenvalue weighted by Gasteiger charge is 2.28. The SMILES string of the molecule is c1ccc(N(c2ccc(-c3nc4c5c(nc(-c6ccc(N(c7ccccc7)c7cccc8ccccc78)cc6)nc5n3)-c3ccccc3-4)cc2)c2cccc3ccccc23)cc1. The standard InChI is InChI=1S/C56H36N6/c1-3-19-41(20-4-1)61(49-27-13-17-37-15-7-9-23-45(37)49)43-33-29-39(30-34-43)54-57-52-47-25-11-12-26-48(47)53-51(52)56(59-54)60-55(58-53)40-31-35-44(36-32-40)62(42-21-5-2-6-22-42)50-28-14-18-38-16-8-10-24-46(38)50/h1-36H. The Morgan fingerprint density at radius 2 is 0.661 bits per heavy atom. The van der Waals surface area contributed by atoms with Crippen molar-refractivity contribution in [1.82, 2.24) is 19.9 Å². The van der Waals surface area contributed by atoms with Crippen LogP contribution in [0.3, 0.4) is 0 Å². The van der Waals surface area contributed by atoms with E-state index in [2.05, 4.69) is 228 Å². The van der Waals surface area contributed by atoms with Crippen LogP contribution in [0.5, 0.6) is 0 Å². The molecule has 0 amide bonds. The van der Waals surface area contributed by atoms with Gasteiger partial charge in [0.05, 0.1) is 28.1 Å². The third-order valence-electron chi connectivity index (χ3n) is 11.8. The van der Waals surface area contributed by atoms with E-state index in [1.165, 1.54) is 21.5 Å². The van der Waals surface area contributed by atoms with E-state index in [1.54, 1.807) is 0 Å². The van der Waals surface area contributed by atoms with Gasteiger partial charge in [-0.1, -0.05) is 133 Å². The summed E-state index contributed by atoms with van der Waals surface area (Å²) in [6, 6.07) is 76.4. The quantitative estimate of drug-likeness (QED) is 0.153. The van der Waals surface area contributed by atoms with Crippen LogP contribution in [0.2, 0.25) is 0 Å². The Hall–Kier alpha value is -8.48. The predicted octanol–water partition coefficient (Wildman–Crippen LogP) is 14.6. The number of anilines is 6. The second kappa shape index (κ2) is 14.7. The molecule has 11 aromatic rings. The summed E-state index contributed by atoms with van der Waals surface area (Å²) in [5.41, 5.74) is 12.7. The topological polar surface area (TPSA) is 58.0 Å². The van der Waals surface area contributed by atoms with E-state index in [9.17, 15) is 0 Å². The fourth-order valence-electron chi connectivity index (χ4n) is 8.91. The summed E-state index contributed by atoms with van der Waals surface area (Å²) in [5.74, 6) is 1.23. The Labute approximate surface area is 358 Å². The first-order valence-electron chi connectivity index (χ1n) is 20.8. The molecule has 6 heteroatoms. The first kappa shape index (κ1) is 35.5. The molecular weight excluding hydrogens is 757 g/mol. The van der Waals surface area contributed by atoms with Gasteiger partial charge in [0, 0.05) is 55.8 Å². The second-order valence-electron chi connectivity index (χ2n) is 15.5. The van der Waals surface area contributed by atoms with E-state index >= 15 is 0 Å². The van der Waals surface area contributed by atoms with Gasteiger partial charge in [-0.05, 0) is 95.7 Å². The summed E-state index contributed by atoms with van der Waals surface area (Å²) in [5, 5.41) is 5.63. The number of rotatable bonds is 8. The summed E-state index contributed by atoms with van der Waals surface area (Å²) < 4.78 is 0. The molecule has 12 rings (SSSR count). The van der Waals surface area contributed by atoms with Crippen molar-refractivity contribution in [3.05, 3.63) is 218 Å². The Morgan fingerprint density at radius 1 is 0.290 bits per heavy atom. The highest BCUT2D eigenvalue weighted by atomic mass is 15.1. The number of benzene rings is 9. The van der Waals surface area contributed by atoms with Crippen LogP contribution in [0.25, 0.3) is 77.9 Å². The normalized spacial score (nSPS) is 11.5. The number of hydrogen-bond donors (Lipinski definition) is 0. The first-order valence-corrected chi connectivity index (χ1v) is 20.8. The van der Waals surface area contributed by atoms with Crippen molar-refractivity contribution in [2.75, 3.05) is 9.80 Å². The molecule has 0 radical (unpaired) electrons. The van der Waals surface area contributed by atoms with Crippen LogP contribution in [0.1, 0.15) is 0 Å². The van der Waals surface area contributed by atoms with Crippen molar-refractivity contribution in [1.29, 1.82) is 0 Å². The number of nitrogens with zero attached hydrogens (tertiary/aromatic N) is 6. The molecule has 0 unspecified atom stereocenters. The van der Waals surface area contributed by atoms with Gasteiger partial charge in [0.15, 0.2) is 17.3 Å². The van der Waals surface area contributed by atoms with Crippen LogP contribution in [0.4, 0.5) is 34.1 Å². The molecule has 0 atom stereocenters. The van der Waals surface area contributed by atoms with Crippen LogP contribution in [-0.2, 0) is 0 Å². The van der Waals surface area contributed by atoms with Gasteiger partial charge in [0.25, 0.3) is 0 Å². The molecule has 0 spiro atoms. The highest BCUT2D eigenvalue weighted by molar-refractivity contribution is 6.11. The van der Waals surface area contributed by atoms with Crippen LogP contribution < -0.4 is 9.80 Å². The maximum atomic E-state index is 5.22. The minimum atomic E-state index is 0.617. The largest absolute Gasteiger partial charge is 0.310 e. The summed E-state index contributed by atoms with van der Waals surface area (Å²) in [7, 11) is 0. The van der Waals surface area contributed by atoms with E-state index in [1.807, 2.05) is 0 Å². The van der Waals surface area contributed by atoms with Crippen LogP contribution in [0, 0.1) is 0 Å². The Bertz CT molecular complexity index is 3220. The predicted molar refractivity (Wildman–Crippen MR) is 255 cm³/mol. The average molecular weight is 793 g/mol. The van der Waals surface area contributed by atoms with E-state index in [4.69, 9.17) is 19.9 Å². The Balaban J connectivity index is 0.951. The smallest absolute Gasteiger partial charge is 0.168 e. The van der Waals surface area contributed by atoms with E-state index in [-0.39, 0.29) is 0 Å². The van der Waals surface area contributed by atoms with Gasteiger partial charge in [-0.25, -0.2) is 19.9 Å². The van der Waals surface area contributed by atoms with Gasteiger partial charge in [-0.3, -0.25) is 0 Å². The number of para-hydroxylation sites is 2. The fraction of sp³-hybridized carbons (Fsp3) is 0. The zero-order valence-electron chi connectivity index (χ0n) is 33.5. The first-order chi connectivity index (χ1) is 30.7. The van der Waals surface area contributed by atoms with Gasteiger partial charge in [-0.15, -0.1) is 0 Å². The molecule has 6 nitrogen and oxygen atoms in total. The van der Waals surface area contributed by atoms with E-state index in [0.717, 1.165) is 73.2 Å². The van der Waals surface area contributed by atoms with E-state index in [0.29, 0.717) is 17.3 Å². The van der Waals surface area contributed by atoms with Gasteiger partial charge in [0.2, 0.25) is 0 Å². The summed E-state index contributed by atoms with van der Waals surface area (Å²) in [6.07, 6.45) is 0. The zero-order chi connectivity index (χ0) is 41.0. The summed E-state index contributed by atoms with van der Waals surface area (Å²) >= 11 is 0. The Morgan fingerprint density at radius 3 is 1.11 bits per heavy atom. The van der Waals surface area contributed by atoms with Crippen molar-refractivity contribution in [2.45, 2.75) is 0 Å². The number of hydrogen-bond acceptors (Lipinski definition) is 6. The lowest BCUT2D eigenvalue weighted by Crippen LogP contribution is -2.10. The number of fused-ring (bicyclic) bond motifs is 5. The lowest BCUT2D eigenvalue weighted by atomic mass is 10.1. The maximum absolute atomic E-state index is 5.22. The molecule has 0 saturated heterocycles. The van der Waals surface area contributed by atoms with Crippen LogP contribution in [0.15, 0.2) is 218 Å². The molecule has 2 aromatic heterocycles. The summed E-state index contributed by atoms with van der Waals surface area (Å²) in [6.45, 7) is 0. The summed E-state index contributed by atoms with van der Waals surface area (Å²) in [4.78, 5) is 25.4. The highest BCUT2D eigenvalue weighted by Crippen LogP contribution is 2.46. The molecule has 9 aromatic carbocycles. The second-order valence-corrected chi connectivity index (χ2v) is 15.5. The molecule has 0 saturated carbocycles. The van der Waals surface area contributed by atoms with Crippen LogP contribution in [-0.4, -0.2) is 19.9 Å². The molecular formula is C56H36N6. The van der Waals surface area contributed by atoms with Gasteiger partial charge >= 0.3 is 0 Å². The third kappa shape index (κ3) is 5.96. The fourth-order valence-corrected chi connectivity index (χ4v) is 8.91. The van der Waals surface area contributed by atoms with Crippen molar-refractivity contribution < 1.29 is 0 Å². The number of aromatic nitrogens is 4. The molecule has 0 N–H and O–H groups in total. The van der Waals surface area contributed by atoms with Gasteiger partial charge < -0.3 is 9.80 Å². The van der Waals surface area contributed by atoms with Crippen LogP contribution >= 0.6 is 0 Å². The monoisotopic (exact) mass is 792 g/mol. The Kier molecular flexibility index (Phi) is 8.38. The lowest BCUT2D eigenvalue weighted by molar-refractivity contribution is 1.16. The van der Waals surface area contributed by atoms with Gasteiger partial charge in [-0.2, -0.15) is 0 Å². The molecule has 1 aliphatic carbocycles.